The van der Waals surface area contributed by atoms with Gasteiger partial charge in [-0.3, -0.25) is 0 Å². The van der Waals surface area contributed by atoms with E-state index in [0.717, 1.165) is 10.6 Å². The van der Waals surface area contributed by atoms with Gasteiger partial charge in [0.1, 0.15) is 5.75 Å². The van der Waals surface area contributed by atoms with E-state index in [2.05, 4.69) is 0 Å². The van der Waals surface area contributed by atoms with Crippen LogP contribution in [0.25, 0.3) is 0 Å². The zero-order valence-electron chi connectivity index (χ0n) is 10.1. The highest BCUT2D eigenvalue weighted by molar-refractivity contribution is 7.99. The predicted molar refractivity (Wildman–Crippen MR) is 83.5 cm³/mol. The Morgan fingerprint density at radius 1 is 1.05 bits per heavy atom. The minimum atomic E-state index is 0.580. The van der Waals surface area contributed by atoms with Gasteiger partial charge in [-0.15, -0.1) is 11.8 Å². The molecule has 19 heavy (non-hydrogen) atoms. The number of rotatable bonds is 5. The van der Waals surface area contributed by atoms with E-state index in [1.807, 2.05) is 36.4 Å². The lowest BCUT2D eigenvalue weighted by atomic mass is 10.3. The van der Waals surface area contributed by atoms with Gasteiger partial charge in [-0.25, -0.2) is 0 Å². The third-order valence-corrected chi connectivity index (χ3v) is 4.02. The normalized spacial score (nSPS) is 10.4. The van der Waals surface area contributed by atoms with Crippen molar-refractivity contribution in [1.82, 2.24) is 0 Å². The summed E-state index contributed by atoms with van der Waals surface area (Å²) in [6.45, 7) is 0.580. The minimum Gasteiger partial charge on any atom is -0.491 e. The fourth-order valence-electron chi connectivity index (χ4n) is 1.47. The Morgan fingerprint density at radius 2 is 1.84 bits per heavy atom. The molecule has 0 fully saturated rings. The second-order valence-electron chi connectivity index (χ2n) is 3.81. The van der Waals surface area contributed by atoms with Crippen LogP contribution in [-0.4, -0.2) is 12.4 Å². The third kappa shape index (κ3) is 4.23. The summed E-state index contributed by atoms with van der Waals surface area (Å²) in [4.78, 5) is 1.07. The molecule has 0 atom stereocenters. The van der Waals surface area contributed by atoms with Crippen LogP contribution in [0, 0.1) is 0 Å². The monoisotopic (exact) mass is 313 g/mol. The lowest BCUT2D eigenvalue weighted by Crippen LogP contribution is -2.00. The molecule has 2 N–H and O–H groups in total. The number of para-hydroxylation sites is 1. The smallest absolute Gasteiger partial charge is 0.137 e. The SMILES string of the molecule is Nc1ccc(SCCOc2ccccc2Cl)cc1Cl. The topological polar surface area (TPSA) is 35.2 Å². The molecule has 0 aliphatic heterocycles. The van der Waals surface area contributed by atoms with E-state index in [-0.39, 0.29) is 0 Å². The van der Waals surface area contributed by atoms with Crippen molar-refractivity contribution in [1.29, 1.82) is 0 Å². The number of anilines is 1. The van der Waals surface area contributed by atoms with Crippen LogP contribution in [0.5, 0.6) is 5.75 Å². The third-order valence-electron chi connectivity index (χ3n) is 2.42. The molecule has 0 aliphatic rings. The molecule has 0 aromatic heterocycles. The number of thioether (sulfide) groups is 1. The van der Waals surface area contributed by atoms with Crippen molar-refractivity contribution in [2.45, 2.75) is 4.90 Å². The summed E-state index contributed by atoms with van der Waals surface area (Å²) in [6, 6.07) is 13.0. The molecule has 2 nitrogen and oxygen atoms in total. The summed E-state index contributed by atoms with van der Waals surface area (Å²) in [5.74, 6) is 1.52. The summed E-state index contributed by atoms with van der Waals surface area (Å²) in [5.41, 5.74) is 6.25. The molecular weight excluding hydrogens is 301 g/mol. The van der Waals surface area contributed by atoms with Gasteiger partial charge in [0.15, 0.2) is 0 Å². The van der Waals surface area contributed by atoms with E-state index >= 15 is 0 Å². The fourth-order valence-corrected chi connectivity index (χ4v) is 2.67. The summed E-state index contributed by atoms with van der Waals surface area (Å²) >= 11 is 13.6. The van der Waals surface area contributed by atoms with Crippen LogP contribution < -0.4 is 10.5 Å². The van der Waals surface area contributed by atoms with Gasteiger partial charge in [-0.1, -0.05) is 35.3 Å². The van der Waals surface area contributed by atoms with Crippen molar-refractivity contribution in [3.63, 3.8) is 0 Å². The molecule has 0 heterocycles. The van der Waals surface area contributed by atoms with E-state index in [4.69, 9.17) is 33.7 Å². The van der Waals surface area contributed by atoms with E-state index in [1.54, 1.807) is 17.8 Å². The Kier molecular flexibility index (Phi) is 5.25. The number of hydrogen-bond donors (Lipinski definition) is 1. The van der Waals surface area contributed by atoms with E-state index in [9.17, 15) is 0 Å². The highest BCUT2D eigenvalue weighted by Gasteiger charge is 2.01. The van der Waals surface area contributed by atoms with Gasteiger partial charge in [-0.2, -0.15) is 0 Å². The second-order valence-corrected chi connectivity index (χ2v) is 5.79. The molecule has 2 aromatic carbocycles. The molecule has 5 heteroatoms. The summed E-state index contributed by atoms with van der Waals surface area (Å²) in [7, 11) is 0. The number of nitrogen functional groups attached to an aromatic ring is 1. The largest absolute Gasteiger partial charge is 0.491 e. The molecule has 0 saturated heterocycles. The molecule has 0 spiro atoms. The predicted octanol–water partition coefficient (Wildman–Crippen LogP) is 4.75. The minimum absolute atomic E-state index is 0.580. The molecule has 0 bridgehead atoms. The molecule has 0 amide bonds. The van der Waals surface area contributed by atoms with E-state index < -0.39 is 0 Å². The summed E-state index contributed by atoms with van der Waals surface area (Å²) in [5, 5.41) is 1.21. The standard InChI is InChI=1S/C14H13Cl2NOS/c15-11-3-1-2-4-14(11)18-7-8-19-10-5-6-13(17)12(16)9-10/h1-6,9H,7-8,17H2. The molecule has 0 saturated carbocycles. The molecule has 2 rings (SSSR count). The highest BCUT2D eigenvalue weighted by atomic mass is 35.5. The first kappa shape index (κ1) is 14.4. The number of nitrogens with two attached hydrogens (primary N) is 1. The van der Waals surface area contributed by atoms with E-state index in [1.165, 1.54) is 0 Å². The van der Waals surface area contributed by atoms with Crippen molar-refractivity contribution < 1.29 is 4.74 Å². The fraction of sp³-hybridized carbons (Fsp3) is 0.143. The number of ether oxygens (including phenoxy) is 1. The Morgan fingerprint density at radius 3 is 2.58 bits per heavy atom. The lowest BCUT2D eigenvalue weighted by Gasteiger charge is -2.08. The highest BCUT2D eigenvalue weighted by Crippen LogP contribution is 2.27. The number of benzene rings is 2. The van der Waals surface area contributed by atoms with Crippen LogP contribution in [0.2, 0.25) is 10.0 Å². The summed E-state index contributed by atoms with van der Waals surface area (Å²) in [6.07, 6.45) is 0. The van der Waals surface area contributed by atoms with Gasteiger partial charge < -0.3 is 10.5 Å². The Labute approximate surface area is 126 Å². The van der Waals surface area contributed by atoms with Crippen LogP contribution in [-0.2, 0) is 0 Å². The number of halogens is 2. The quantitative estimate of drug-likeness (QED) is 0.491. The van der Waals surface area contributed by atoms with Gasteiger partial charge in [0.2, 0.25) is 0 Å². The van der Waals surface area contributed by atoms with Crippen molar-refractivity contribution in [2.24, 2.45) is 0 Å². The van der Waals surface area contributed by atoms with Gasteiger partial charge in [0.25, 0.3) is 0 Å². The first-order valence-corrected chi connectivity index (χ1v) is 7.46. The van der Waals surface area contributed by atoms with Gasteiger partial charge in [0, 0.05) is 10.6 Å². The average molecular weight is 314 g/mol. The molecule has 0 aliphatic carbocycles. The second kappa shape index (κ2) is 6.94. The average Bonchev–Trinajstić information content (AvgIpc) is 2.40. The number of hydrogen-bond acceptors (Lipinski definition) is 3. The first-order valence-electron chi connectivity index (χ1n) is 5.72. The van der Waals surface area contributed by atoms with Gasteiger partial charge >= 0.3 is 0 Å². The van der Waals surface area contributed by atoms with Gasteiger partial charge in [0.05, 0.1) is 22.3 Å². The Hall–Kier alpha value is -1.03. The zero-order valence-corrected chi connectivity index (χ0v) is 12.4. The van der Waals surface area contributed by atoms with Crippen molar-refractivity contribution in [3.8, 4) is 5.75 Å². The maximum absolute atomic E-state index is 6.00. The maximum atomic E-state index is 6.00. The summed E-state index contributed by atoms with van der Waals surface area (Å²) < 4.78 is 5.60. The van der Waals surface area contributed by atoms with Crippen LogP contribution in [0.3, 0.4) is 0 Å². The maximum Gasteiger partial charge on any atom is 0.137 e. The molecule has 100 valence electrons. The van der Waals surface area contributed by atoms with E-state index in [0.29, 0.717) is 28.1 Å². The van der Waals surface area contributed by atoms with Crippen LogP contribution in [0.4, 0.5) is 5.69 Å². The Bertz CT molecular complexity index is 563. The molecular formula is C14H13Cl2NOS. The lowest BCUT2D eigenvalue weighted by molar-refractivity contribution is 0.344. The van der Waals surface area contributed by atoms with Crippen LogP contribution >= 0.6 is 35.0 Å². The molecule has 0 radical (unpaired) electrons. The first-order chi connectivity index (χ1) is 9.16. The van der Waals surface area contributed by atoms with Crippen LogP contribution in [0.1, 0.15) is 0 Å². The Balaban J connectivity index is 1.81. The van der Waals surface area contributed by atoms with Crippen molar-refractivity contribution in [3.05, 3.63) is 52.5 Å². The van der Waals surface area contributed by atoms with Crippen molar-refractivity contribution >= 4 is 40.7 Å². The van der Waals surface area contributed by atoms with Crippen LogP contribution in [0.15, 0.2) is 47.4 Å². The van der Waals surface area contributed by atoms with Crippen molar-refractivity contribution in [2.75, 3.05) is 18.1 Å². The molecule has 0 unspecified atom stereocenters. The van der Waals surface area contributed by atoms with Gasteiger partial charge in [-0.05, 0) is 30.3 Å². The molecule has 2 aromatic rings. The zero-order chi connectivity index (χ0) is 13.7.